The zero-order valence-electron chi connectivity index (χ0n) is 6.57. The maximum atomic E-state index is 9.85. The number of benzene rings is 1. The number of nitrogens with one attached hydrogen (secondary N) is 1. The van der Waals surface area contributed by atoms with E-state index in [1.54, 1.807) is 12.1 Å². The molecule has 4 nitrogen and oxygen atoms in total. The number of halogens is 1. The van der Waals surface area contributed by atoms with Crippen molar-refractivity contribution in [1.82, 2.24) is 5.43 Å². The van der Waals surface area contributed by atoms with E-state index in [4.69, 9.17) is 0 Å². The summed E-state index contributed by atoms with van der Waals surface area (Å²) < 4.78 is 0.831. The number of nitrogens with zero attached hydrogens (tertiary/aromatic N) is 1. The van der Waals surface area contributed by atoms with Crippen LogP contribution in [0.25, 0.3) is 0 Å². The molecule has 0 saturated heterocycles. The molecule has 0 atom stereocenters. The third-order valence-corrected chi connectivity index (χ3v) is 1.81. The second-order valence-electron chi connectivity index (χ2n) is 2.21. The van der Waals surface area contributed by atoms with Gasteiger partial charge in [-0.2, -0.15) is 5.10 Å². The number of rotatable bonds is 3. The molecule has 0 aliphatic rings. The first-order chi connectivity index (χ1) is 6.24. The highest BCUT2D eigenvalue weighted by molar-refractivity contribution is 9.10. The van der Waals surface area contributed by atoms with Crippen LogP contribution >= 0.6 is 15.9 Å². The number of phenolic OH excluding ortho intramolecular Hbond substituents is 1. The summed E-state index contributed by atoms with van der Waals surface area (Å²) in [5, 5.41) is 12.8. The summed E-state index contributed by atoms with van der Waals surface area (Å²) in [7, 11) is 0. The van der Waals surface area contributed by atoms with Crippen LogP contribution in [0.1, 0.15) is 5.56 Å². The fourth-order valence-electron chi connectivity index (χ4n) is 0.766. The van der Waals surface area contributed by atoms with E-state index in [9.17, 15) is 9.90 Å². The van der Waals surface area contributed by atoms with Gasteiger partial charge in [-0.25, -0.2) is 5.43 Å². The van der Waals surface area contributed by atoms with Gasteiger partial charge < -0.3 is 5.11 Å². The van der Waals surface area contributed by atoms with Gasteiger partial charge in [0.1, 0.15) is 5.75 Å². The lowest BCUT2D eigenvalue weighted by Crippen LogP contribution is -2.00. The second-order valence-corrected chi connectivity index (χ2v) is 3.12. The Labute approximate surface area is 83.4 Å². The van der Waals surface area contributed by atoms with Crippen molar-refractivity contribution < 1.29 is 9.90 Å². The zero-order valence-corrected chi connectivity index (χ0v) is 8.15. The van der Waals surface area contributed by atoms with Crippen LogP contribution in [0.4, 0.5) is 0 Å². The van der Waals surface area contributed by atoms with Gasteiger partial charge in [-0.05, 0) is 18.2 Å². The molecule has 0 aromatic heterocycles. The normalized spacial score (nSPS) is 10.2. The molecule has 0 unspecified atom stereocenters. The van der Waals surface area contributed by atoms with Crippen LogP contribution < -0.4 is 5.43 Å². The van der Waals surface area contributed by atoms with E-state index in [1.165, 1.54) is 12.3 Å². The van der Waals surface area contributed by atoms with Crippen molar-refractivity contribution in [1.29, 1.82) is 0 Å². The minimum absolute atomic E-state index is 0.111. The molecule has 5 heteroatoms. The van der Waals surface area contributed by atoms with Gasteiger partial charge in [-0.1, -0.05) is 15.9 Å². The molecule has 13 heavy (non-hydrogen) atoms. The number of amides is 1. The maximum Gasteiger partial charge on any atom is 0.227 e. The predicted molar refractivity (Wildman–Crippen MR) is 52.6 cm³/mol. The molecule has 1 amide bonds. The summed E-state index contributed by atoms with van der Waals surface area (Å²) in [5.74, 6) is 0.111. The fraction of sp³-hybridized carbons (Fsp3) is 0. The van der Waals surface area contributed by atoms with Crippen LogP contribution in [0, 0.1) is 0 Å². The smallest absolute Gasteiger partial charge is 0.227 e. The van der Waals surface area contributed by atoms with E-state index in [1.807, 2.05) is 0 Å². The average Bonchev–Trinajstić information content (AvgIpc) is 2.11. The Morgan fingerprint density at radius 2 is 2.31 bits per heavy atom. The van der Waals surface area contributed by atoms with Gasteiger partial charge in [-0.3, -0.25) is 4.79 Å². The highest BCUT2D eigenvalue weighted by Crippen LogP contribution is 2.19. The van der Waals surface area contributed by atoms with Gasteiger partial charge >= 0.3 is 0 Å². The van der Waals surface area contributed by atoms with Crippen molar-refractivity contribution in [2.24, 2.45) is 5.10 Å². The average molecular weight is 243 g/mol. The van der Waals surface area contributed by atoms with Gasteiger partial charge in [0.05, 0.1) is 6.21 Å². The number of carbonyl (C=O) groups is 1. The van der Waals surface area contributed by atoms with Gasteiger partial charge in [0.25, 0.3) is 0 Å². The molecule has 2 N–H and O–H groups in total. The van der Waals surface area contributed by atoms with Crippen LogP contribution in [0.3, 0.4) is 0 Å². The zero-order chi connectivity index (χ0) is 9.68. The van der Waals surface area contributed by atoms with Crippen molar-refractivity contribution >= 4 is 28.6 Å². The molecule has 1 aromatic rings. The summed E-state index contributed by atoms with van der Waals surface area (Å²) >= 11 is 3.24. The maximum absolute atomic E-state index is 9.85. The number of aromatic hydroxyl groups is 1. The fourth-order valence-corrected chi connectivity index (χ4v) is 1.14. The van der Waals surface area contributed by atoms with E-state index in [0.717, 1.165) is 4.47 Å². The number of hydrazone groups is 1. The molecular formula is C8H7BrN2O2. The molecule has 0 spiro atoms. The quantitative estimate of drug-likeness (QED) is 0.476. The lowest BCUT2D eigenvalue weighted by atomic mass is 10.2. The Bertz CT molecular complexity index is 339. The standard InChI is InChI=1S/C8H7BrN2O2/c9-7-1-2-8(13)6(3-7)4-10-11-5-12/h1-5,13H,(H,11,12). The van der Waals surface area contributed by atoms with Crippen molar-refractivity contribution in [2.75, 3.05) is 0 Å². The van der Waals surface area contributed by atoms with Gasteiger partial charge in [0, 0.05) is 10.0 Å². The van der Waals surface area contributed by atoms with Gasteiger partial charge in [-0.15, -0.1) is 0 Å². The molecule has 0 heterocycles. The third-order valence-electron chi connectivity index (χ3n) is 1.32. The molecule has 0 aliphatic carbocycles. The molecular weight excluding hydrogens is 236 g/mol. The molecule has 0 fully saturated rings. The van der Waals surface area contributed by atoms with Crippen molar-refractivity contribution in [2.45, 2.75) is 0 Å². The molecule has 1 rings (SSSR count). The molecule has 0 saturated carbocycles. The van der Waals surface area contributed by atoms with E-state index >= 15 is 0 Å². The van der Waals surface area contributed by atoms with Crippen molar-refractivity contribution in [3.8, 4) is 5.75 Å². The monoisotopic (exact) mass is 242 g/mol. The lowest BCUT2D eigenvalue weighted by Gasteiger charge is -1.97. The molecule has 1 aromatic carbocycles. The Morgan fingerprint density at radius 1 is 1.54 bits per heavy atom. The number of hydrogen-bond acceptors (Lipinski definition) is 3. The molecule has 0 bridgehead atoms. The number of phenols is 1. The molecule has 0 radical (unpaired) electrons. The third kappa shape index (κ3) is 2.87. The largest absolute Gasteiger partial charge is 0.507 e. The first kappa shape index (κ1) is 9.73. The van der Waals surface area contributed by atoms with Crippen molar-refractivity contribution in [3.63, 3.8) is 0 Å². The number of hydrogen-bond donors (Lipinski definition) is 2. The Kier molecular flexibility index (Phi) is 3.45. The van der Waals surface area contributed by atoms with Crippen LogP contribution in [0.5, 0.6) is 5.75 Å². The molecule has 0 aliphatic heterocycles. The minimum Gasteiger partial charge on any atom is -0.507 e. The van der Waals surface area contributed by atoms with Gasteiger partial charge in [0.15, 0.2) is 0 Å². The topological polar surface area (TPSA) is 61.7 Å². The highest BCUT2D eigenvalue weighted by Gasteiger charge is 1.97. The Morgan fingerprint density at radius 3 is 3.00 bits per heavy atom. The summed E-state index contributed by atoms with van der Waals surface area (Å²) in [5.41, 5.74) is 2.64. The highest BCUT2D eigenvalue weighted by atomic mass is 79.9. The summed E-state index contributed by atoms with van der Waals surface area (Å²) in [6, 6.07) is 4.93. The second kappa shape index (κ2) is 4.61. The van der Waals surface area contributed by atoms with E-state index in [0.29, 0.717) is 12.0 Å². The lowest BCUT2D eigenvalue weighted by molar-refractivity contribution is -0.109. The van der Waals surface area contributed by atoms with Crippen LogP contribution in [0.15, 0.2) is 27.8 Å². The minimum atomic E-state index is 0.111. The Balaban J connectivity index is 2.86. The summed E-state index contributed by atoms with van der Waals surface area (Å²) in [4.78, 5) is 9.85. The predicted octanol–water partition coefficient (Wildman–Crippen LogP) is 1.23. The SMILES string of the molecule is O=CNN=Cc1cc(Br)ccc1O. The summed E-state index contributed by atoms with van der Waals surface area (Å²) in [6.45, 7) is 0. The van der Waals surface area contributed by atoms with Crippen molar-refractivity contribution in [3.05, 3.63) is 28.2 Å². The summed E-state index contributed by atoms with van der Waals surface area (Å²) in [6.07, 6.45) is 1.81. The van der Waals surface area contributed by atoms with Crippen LogP contribution in [-0.2, 0) is 4.79 Å². The Hall–Kier alpha value is -1.36. The van der Waals surface area contributed by atoms with E-state index in [2.05, 4.69) is 26.5 Å². The van der Waals surface area contributed by atoms with E-state index in [-0.39, 0.29) is 5.75 Å². The first-order valence-electron chi connectivity index (χ1n) is 3.45. The molecule has 68 valence electrons. The first-order valence-corrected chi connectivity index (χ1v) is 4.24. The van der Waals surface area contributed by atoms with Crippen LogP contribution in [-0.4, -0.2) is 17.7 Å². The van der Waals surface area contributed by atoms with Gasteiger partial charge in [0.2, 0.25) is 6.41 Å². The number of carbonyl (C=O) groups excluding carboxylic acids is 1. The van der Waals surface area contributed by atoms with Crippen LogP contribution in [0.2, 0.25) is 0 Å². The van der Waals surface area contributed by atoms with E-state index < -0.39 is 0 Å².